The Morgan fingerprint density at radius 1 is 1.46 bits per heavy atom. The van der Waals surface area contributed by atoms with E-state index in [1.807, 2.05) is 0 Å². The summed E-state index contributed by atoms with van der Waals surface area (Å²) in [4.78, 5) is 0. The van der Waals surface area contributed by atoms with E-state index in [1.165, 1.54) is 0 Å². The van der Waals surface area contributed by atoms with Gasteiger partial charge in [0.25, 0.3) is 0 Å². The van der Waals surface area contributed by atoms with E-state index in [0.29, 0.717) is 12.7 Å². The van der Waals surface area contributed by atoms with Gasteiger partial charge in [0, 0.05) is 19.2 Å². The number of nitrogens with one attached hydrogen (secondary N) is 1. The summed E-state index contributed by atoms with van der Waals surface area (Å²) in [5, 5.41) is 11.8. The van der Waals surface area contributed by atoms with Gasteiger partial charge in [-0.3, -0.25) is 0 Å². The maximum Gasteiger partial charge on any atom is 0.0700 e. The van der Waals surface area contributed by atoms with Crippen LogP contribution in [-0.2, 0) is 4.74 Å². The van der Waals surface area contributed by atoms with Crippen molar-refractivity contribution < 1.29 is 9.84 Å². The standard InChI is InChI=1S/C9H20N2O2/c10-8-2-3-9(13-7-8)6-11-4-1-5-12/h8-9,11-12H,1-7,10H2/t8-,9+/m1/s1. The van der Waals surface area contributed by atoms with Crippen LogP contribution in [0.4, 0.5) is 0 Å². The first kappa shape index (κ1) is 10.9. The molecule has 0 aromatic carbocycles. The molecule has 0 aromatic rings. The van der Waals surface area contributed by atoms with E-state index in [2.05, 4.69) is 5.32 Å². The van der Waals surface area contributed by atoms with E-state index in [4.69, 9.17) is 15.6 Å². The molecule has 78 valence electrons. The Labute approximate surface area is 79.5 Å². The first-order valence-corrected chi connectivity index (χ1v) is 5.01. The lowest BCUT2D eigenvalue weighted by Gasteiger charge is -2.26. The first-order chi connectivity index (χ1) is 6.33. The van der Waals surface area contributed by atoms with Gasteiger partial charge in [0.1, 0.15) is 0 Å². The quantitative estimate of drug-likeness (QED) is 0.507. The summed E-state index contributed by atoms with van der Waals surface area (Å²) in [6.07, 6.45) is 3.24. The second-order valence-electron chi connectivity index (χ2n) is 3.57. The van der Waals surface area contributed by atoms with Crippen molar-refractivity contribution >= 4 is 0 Å². The number of hydrogen-bond donors (Lipinski definition) is 3. The third-order valence-electron chi connectivity index (χ3n) is 2.29. The van der Waals surface area contributed by atoms with Gasteiger partial charge in [-0.2, -0.15) is 0 Å². The van der Waals surface area contributed by atoms with Crippen molar-refractivity contribution in [3.63, 3.8) is 0 Å². The molecule has 0 saturated carbocycles. The van der Waals surface area contributed by atoms with Gasteiger partial charge in [-0.15, -0.1) is 0 Å². The third-order valence-corrected chi connectivity index (χ3v) is 2.29. The molecular formula is C9H20N2O2. The lowest BCUT2D eigenvalue weighted by molar-refractivity contribution is 0.00633. The third kappa shape index (κ3) is 4.57. The number of aliphatic hydroxyl groups excluding tert-OH is 1. The van der Waals surface area contributed by atoms with Crippen LogP contribution in [0, 0.1) is 0 Å². The van der Waals surface area contributed by atoms with Crippen molar-refractivity contribution in [3.05, 3.63) is 0 Å². The summed E-state index contributed by atoms with van der Waals surface area (Å²) >= 11 is 0. The topological polar surface area (TPSA) is 67.5 Å². The van der Waals surface area contributed by atoms with E-state index < -0.39 is 0 Å². The van der Waals surface area contributed by atoms with Crippen LogP contribution < -0.4 is 11.1 Å². The summed E-state index contributed by atoms with van der Waals surface area (Å²) in [5.74, 6) is 0. The summed E-state index contributed by atoms with van der Waals surface area (Å²) in [5.41, 5.74) is 5.69. The van der Waals surface area contributed by atoms with Crippen LogP contribution in [0.15, 0.2) is 0 Å². The fourth-order valence-electron chi connectivity index (χ4n) is 1.45. The second-order valence-corrected chi connectivity index (χ2v) is 3.57. The van der Waals surface area contributed by atoms with Crippen LogP contribution in [0.2, 0.25) is 0 Å². The zero-order valence-corrected chi connectivity index (χ0v) is 8.04. The largest absolute Gasteiger partial charge is 0.396 e. The van der Waals surface area contributed by atoms with E-state index in [-0.39, 0.29) is 12.6 Å². The van der Waals surface area contributed by atoms with Crippen LogP contribution in [0.25, 0.3) is 0 Å². The lowest BCUT2D eigenvalue weighted by atomic mass is 10.1. The maximum atomic E-state index is 8.55. The SMILES string of the molecule is N[C@@H]1CC[C@@H](CNCCCO)OC1. The van der Waals surface area contributed by atoms with E-state index in [0.717, 1.165) is 32.4 Å². The molecule has 0 aliphatic carbocycles. The summed E-state index contributed by atoms with van der Waals surface area (Å²) in [7, 11) is 0. The maximum absolute atomic E-state index is 8.55. The molecule has 0 bridgehead atoms. The monoisotopic (exact) mass is 188 g/mol. The van der Waals surface area contributed by atoms with E-state index >= 15 is 0 Å². The minimum absolute atomic E-state index is 0.230. The Morgan fingerprint density at radius 2 is 2.31 bits per heavy atom. The Hall–Kier alpha value is -0.160. The van der Waals surface area contributed by atoms with Gasteiger partial charge >= 0.3 is 0 Å². The van der Waals surface area contributed by atoms with Crippen molar-refractivity contribution in [1.82, 2.24) is 5.32 Å². The van der Waals surface area contributed by atoms with Gasteiger partial charge in [-0.05, 0) is 25.8 Å². The van der Waals surface area contributed by atoms with Crippen molar-refractivity contribution in [2.45, 2.75) is 31.4 Å². The van der Waals surface area contributed by atoms with Crippen LogP contribution in [-0.4, -0.2) is 43.6 Å². The molecule has 1 saturated heterocycles. The molecule has 4 heteroatoms. The summed E-state index contributed by atoms with van der Waals surface area (Å²) in [6, 6.07) is 0.230. The van der Waals surface area contributed by atoms with Crippen molar-refractivity contribution in [2.75, 3.05) is 26.3 Å². The Balaban J connectivity index is 1.96. The van der Waals surface area contributed by atoms with Crippen LogP contribution in [0.3, 0.4) is 0 Å². The number of ether oxygens (including phenoxy) is 1. The average molecular weight is 188 g/mol. The molecule has 4 N–H and O–H groups in total. The zero-order chi connectivity index (χ0) is 9.52. The fraction of sp³-hybridized carbons (Fsp3) is 1.00. The molecule has 0 radical (unpaired) electrons. The van der Waals surface area contributed by atoms with Crippen molar-refractivity contribution in [1.29, 1.82) is 0 Å². The van der Waals surface area contributed by atoms with Gasteiger partial charge in [-0.1, -0.05) is 0 Å². The molecule has 1 fully saturated rings. The fourth-order valence-corrected chi connectivity index (χ4v) is 1.45. The highest BCUT2D eigenvalue weighted by molar-refractivity contribution is 4.73. The van der Waals surface area contributed by atoms with Crippen molar-refractivity contribution in [3.8, 4) is 0 Å². The van der Waals surface area contributed by atoms with Crippen LogP contribution in [0.5, 0.6) is 0 Å². The normalized spacial score (nSPS) is 29.1. The molecule has 1 rings (SSSR count). The first-order valence-electron chi connectivity index (χ1n) is 5.01. The molecule has 1 heterocycles. The highest BCUT2D eigenvalue weighted by atomic mass is 16.5. The minimum Gasteiger partial charge on any atom is -0.396 e. The van der Waals surface area contributed by atoms with E-state index in [9.17, 15) is 0 Å². The second kappa shape index (κ2) is 6.32. The molecule has 0 aromatic heterocycles. The van der Waals surface area contributed by atoms with Gasteiger partial charge in [0.05, 0.1) is 12.7 Å². The minimum atomic E-state index is 0.230. The Bertz CT molecular complexity index is 125. The predicted octanol–water partition coefficient (Wildman–Crippen LogP) is -0.535. The van der Waals surface area contributed by atoms with Gasteiger partial charge < -0.3 is 20.9 Å². The smallest absolute Gasteiger partial charge is 0.0700 e. The van der Waals surface area contributed by atoms with Crippen LogP contribution >= 0.6 is 0 Å². The van der Waals surface area contributed by atoms with Crippen LogP contribution in [0.1, 0.15) is 19.3 Å². The molecule has 2 atom stereocenters. The van der Waals surface area contributed by atoms with Gasteiger partial charge in [0.2, 0.25) is 0 Å². The summed E-state index contributed by atoms with van der Waals surface area (Å²) in [6.45, 7) is 2.69. The molecule has 13 heavy (non-hydrogen) atoms. The molecule has 1 aliphatic rings. The Kier molecular flexibility index (Phi) is 5.31. The highest BCUT2D eigenvalue weighted by Gasteiger charge is 2.17. The molecule has 0 unspecified atom stereocenters. The van der Waals surface area contributed by atoms with E-state index in [1.54, 1.807) is 0 Å². The summed E-state index contributed by atoms with van der Waals surface area (Å²) < 4.78 is 5.52. The molecule has 4 nitrogen and oxygen atoms in total. The predicted molar refractivity (Wildman–Crippen MR) is 51.5 cm³/mol. The average Bonchev–Trinajstić information content (AvgIpc) is 2.15. The number of aliphatic hydroxyl groups is 1. The van der Waals surface area contributed by atoms with Crippen molar-refractivity contribution in [2.24, 2.45) is 5.73 Å². The van der Waals surface area contributed by atoms with Gasteiger partial charge in [-0.25, -0.2) is 0 Å². The molecule has 0 spiro atoms. The number of rotatable bonds is 5. The zero-order valence-electron chi connectivity index (χ0n) is 8.04. The molecule has 1 aliphatic heterocycles. The highest BCUT2D eigenvalue weighted by Crippen LogP contribution is 2.10. The lowest BCUT2D eigenvalue weighted by Crippen LogP contribution is -2.40. The molecular weight excluding hydrogens is 168 g/mol. The Morgan fingerprint density at radius 3 is 2.92 bits per heavy atom. The number of nitrogens with two attached hydrogens (primary N) is 1. The van der Waals surface area contributed by atoms with Gasteiger partial charge in [0.15, 0.2) is 0 Å². The molecule has 0 amide bonds. The number of hydrogen-bond acceptors (Lipinski definition) is 4.